The van der Waals surface area contributed by atoms with Crippen molar-refractivity contribution in [1.82, 2.24) is 31.2 Å². The molecule has 0 aromatic carbocycles. The number of carboxylic acids is 2. The summed E-state index contributed by atoms with van der Waals surface area (Å²) in [6, 6.07) is -3.94. The molecule has 2 rings (SSSR count). The summed E-state index contributed by atoms with van der Waals surface area (Å²) in [5, 5.41) is 28.5. The fourth-order valence-electron chi connectivity index (χ4n) is 3.21. The summed E-state index contributed by atoms with van der Waals surface area (Å²) in [5.74, 6) is -4.35. The smallest absolute Gasteiger partial charge is 0.326 e. The predicted molar refractivity (Wildman–Crippen MR) is 109 cm³/mol. The van der Waals surface area contributed by atoms with Crippen LogP contribution in [0.3, 0.4) is 0 Å². The van der Waals surface area contributed by atoms with Crippen LogP contribution in [0.25, 0.3) is 0 Å². The molecule has 0 spiro atoms. The molecule has 7 N–H and O–H groups in total. The molecule has 4 atom stereocenters. The van der Waals surface area contributed by atoms with Crippen LogP contribution in [0.4, 0.5) is 0 Å². The Bertz CT molecular complexity index is 822. The number of hydrogen-bond donors (Lipinski definition) is 7. The van der Waals surface area contributed by atoms with Gasteiger partial charge in [0.15, 0.2) is 0 Å². The first-order chi connectivity index (χ1) is 15.2. The number of rotatable bonds is 12. The molecule has 4 unspecified atom stereocenters. The highest BCUT2D eigenvalue weighted by Crippen LogP contribution is 2.06. The summed E-state index contributed by atoms with van der Waals surface area (Å²) in [6.07, 6.45) is 3.57. The zero-order chi connectivity index (χ0) is 23.7. The second-order valence-corrected chi connectivity index (χ2v) is 7.55. The molecule has 32 heavy (non-hydrogen) atoms. The lowest BCUT2D eigenvalue weighted by Gasteiger charge is -2.23. The number of nitrogens with zero attached hydrogens (tertiary/aromatic N) is 1. The highest BCUT2D eigenvalue weighted by atomic mass is 16.4. The number of carboxylic acid groups (broad SMARTS) is 2. The van der Waals surface area contributed by atoms with Gasteiger partial charge in [0.2, 0.25) is 17.7 Å². The number of amides is 3. The van der Waals surface area contributed by atoms with Crippen LogP contribution >= 0.6 is 0 Å². The van der Waals surface area contributed by atoms with E-state index < -0.39 is 48.3 Å². The topological polar surface area (TPSA) is 203 Å². The third-order valence-corrected chi connectivity index (χ3v) is 5.00. The van der Waals surface area contributed by atoms with Crippen LogP contribution in [-0.4, -0.2) is 80.6 Å². The normalized spacial score (nSPS) is 18.2. The van der Waals surface area contributed by atoms with Gasteiger partial charge in [-0.1, -0.05) is 0 Å². The van der Waals surface area contributed by atoms with E-state index in [0.29, 0.717) is 12.1 Å². The first-order valence-corrected chi connectivity index (χ1v) is 10.2. The van der Waals surface area contributed by atoms with Crippen molar-refractivity contribution in [3.05, 3.63) is 18.2 Å². The summed E-state index contributed by atoms with van der Waals surface area (Å²) in [6.45, 7) is 2.19. The van der Waals surface area contributed by atoms with Crippen molar-refractivity contribution in [1.29, 1.82) is 0 Å². The van der Waals surface area contributed by atoms with Crippen molar-refractivity contribution in [2.45, 2.75) is 63.2 Å². The van der Waals surface area contributed by atoms with E-state index in [9.17, 15) is 29.1 Å². The average molecular weight is 452 g/mol. The maximum Gasteiger partial charge on any atom is 0.326 e. The second kappa shape index (κ2) is 11.8. The van der Waals surface area contributed by atoms with Crippen LogP contribution in [0.15, 0.2) is 12.5 Å². The number of aromatic amines is 1. The zero-order valence-corrected chi connectivity index (χ0v) is 17.6. The molecular weight excluding hydrogens is 424 g/mol. The van der Waals surface area contributed by atoms with Gasteiger partial charge in [-0.25, -0.2) is 9.78 Å². The molecular formula is C19H28N6O7. The molecule has 0 bridgehead atoms. The average Bonchev–Trinajstić information content (AvgIpc) is 3.43. The Labute approximate surface area is 183 Å². The maximum absolute atomic E-state index is 12.8. The summed E-state index contributed by atoms with van der Waals surface area (Å²) in [5.41, 5.74) is 0.509. The molecule has 0 radical (unpaired) electrons. The largest absolute Gasteiger partial charge is 0.481 e. The third-order valence-electron chi connectivity index (χ3n) is 5.00. The van der Waals surface area contributed by atoms with Gasteiger partial charge >= 0.3 is 11.9 Å². The first-order valence-electron chi connectivity index (χ1n) is 10.2. The first kappa shape index (κ1) is 24.8. The van der Waals surface area contributed by atoms with Crippen LogP contribution in [0.5, 0.6) is 0 Å². The summed E-state index contributed by atoms with van der Waals surface area (Å²) >= 11 is 0. The Kier molecular flexibility index (Phi) is 9.13. The highest BCUT2D eigenvalue weighted by molar-refractivity contribution is 5.94. The minimum absolute atomic E-state index is 0.0201. The van der Waals surface area contributed by atoms with E-state index in [4.69, 9.17) is 5.11 Å². The van der Waals surface area contributed by atoms with Crippen molar-refractivity contribution in [2.24, 2.45) is 0 Å². The van der Waals surface area contributed by atoms with Gasteiger partial charge in [-0.15, -0.1) is 0 Å². The molecule has 13 heteroatoms. The van der Waals surface area contributed by atoms with E-state index in [1.807, 2.05) is 0 Å². The monoisotopic (exact) mass is 452 g/mol. The van der Waals surface area contributed by atoms with Crippen LogP contribution in [0.1, 0.15) is 38.3 Å². The maximum atomic E-state index is 12.8. The number of carbonyl (C=O) groups excluding carboxylic acids is 3. The Morgan fingerprint density at radius 1 is 1.12 bits per heavy atom. The zero-order valence-electron chi connectivity index (χ0n) is 17.6. The summed E-state index contributed by atoms with van der Waals surface area (Å²) < 4.78 is 0. The summed E-state index contributed by atoms with van der Waals surface area (Å²) in [7, 11) is 0. The molecule has 1 fully saturated rings. The van der Waals surface area contributed by atoms with Crippen molar-refractivity contribution < 1.29 is 34.2 Å². The molecule has 2 heterocycles. The van der Waals surface area contributed by atoms with E-state index >= 15 is 0 Å². The quantitative estimate of drug-likeness (QED) is 0.189. The molecule has 1 saturated heterocycles. The van der Waals surface area contributed by atoms with Gasteiger partial charge in [-0.05, 0) is 32.7 Å². The van der Waals surface area contributed by atoms with Gasteiger partial charge in [-0.3, -0.25) is 19.2 Å². The number of imidazole rings is 1. The van der Waals surface area contributed by atoms with Gasteiger partial charge in [0, 0.05) is 24.7 Å². The van der Waals surface area contributed by atoms with Gasteiger partial charge in [-0.2, -0.15) is 0 Å². The van der Waals surface area contributed by atoms with Crippen molar-refractivity contribution >= 4 is 29.7 Å². The third kappa shape index (κ3) is 7.65. The Balaban J connectivity index is 2.03. The standard InChI is InChI=1S/C19H28N6O7/c1-10(23-17(29)12-3-2-6-21-12)16(28)25-14(7-11-8-20-9-22-11)18(30)24-13(19(31)32)4-5-15(26)27/h8-10,12-14,21H,2-7H2,1H3,(H,20,22)(H,23,29)(H,24,30)(H,25,28)(H,26,27)(H,31,32). The number of aromatic nitrogens is 2. The molecule has 1 aliphatic heterocycles. The van der Waals surface area contributed by atoms with Crippen LogP contribution < -0.4 is 21.3 Å². The molecule has 13 nitrogen and oxygen atoms in total. The van der Waals surface area contributed by atoms with E-state index in [2.05, 4.69) is 31.2 Å². The number of hydrogen-bond acceptors (Lipinski definition) is 7. The van der Waals surface area contributed by atoms with Gasteiger partial charge in [0.1, 0.15) is 18.1 Å². The van der Waals surface area contributed by atoms with E-state index in [0.717, 1.165) is 13.0 Å². The number of carbonyl (C=O) groups is 5. The molecule has 0 saturated carbocycles. The van der Waals surface area contributed by atoms with E-state index in [-0.39, 0.29) is 24.8 Å². The molecule has 1 aromatic rings. The van der Waals surface area contributed by atoms with Crippen LogP contribution in [0, 0.1) is 0 Å². The number of H-pyrrole nitrogens is 1. The molecule has 1 aromatic heterocycles. The fourth-order valence-corrected chi connectivity index (χ4v) is 3.21. The minimum atomic E-state index is -1.44. The van der Waals surface area contributed by atoms with Gasteiger partial charge < -0.3 is 36.5 Å². The minimum Gasteiger partial charge on any atom is -0.481 e. The lowest BCUT2D eigenvalue weighted by Crippen LogP contribution is -2.57. The second-order valence-electron chi connectivity index (χ2n) is 7.55. The molecule has 176 valence electrons. The number of aliphatic carboxylic acids is 2. The van der Waals surface area contributed by atoms with Crippen LogP contribution in [-0.2, 0) is 30.4 Å². The highest BCUT2D eigenvalue weighted by Gasteiger charge is 2.30. The number of nitrogens with one attached hydrogen (secondary N) is 5. The van der Waals surface area contributed by atoms with Gasteiger partial charge in [0.05, 0.1) is 12.4 Å². The van der Waals surface area contributed by atoms with Crippen molar-refractivity contribution in [3.8, 4) is 0 Å². The van der Waals surface area contributed by atoms with Gasteiger partial charge in [0.25, 0.3) is 0 Å². The SMILES string of the molecule is CC(NC(=O)C1CCCN1)C(=O)NC(Cc1cnc[nH]1)C(=O)NC(CCC(=O)O)C(=O)O. The lowest BCUT2D eigenvalue weighted by atomic mass is 10.1. The predicted octanol–water partition coefficient (Wildman–Crippen LogP) is -1.87. The molecule has 3 amide bonds. The van der Waals surface area contributed by atoms with E-state index in [1.165, 1.54) is 19.4 Å². The molecule has 0 aliphatic carbocycles. The molecule has 1 aliphatic rings. The Hall–Kier alpha value is -3.48. The lowest BCUT2D eigenvalue weighted by molar-refractivity contribution is -0.143. The summed E-state index contributed by atoms with van der Waals surface area (Å²) in [4.78, 5) is 66.4. The Morgan fingerprint density at radius 2 is 1.84 bits per heavy atom. The Morgan fingerprint density at radius 3 is 2.41 bits per heavy atom. The van der Waals surface area contributed by atoms with Crippen molar-refractivity contribution in [2.75, 3.05) is 6.54 Å². The van der Waals surface area contributed by atoms with Crippen molar-refractivity contribution in [3.63, 3.8) is 0 Å². The van der Waals surface area contributed by atoms with Crippen LogP contribution in [0.2, 0.25) is 0 Å². The fraction of sp³-hybridized carbons (Fsp3) is 0.579. The van der Waals surface area contributed by atoms with E-state index in [1.54, 1.807) is 0 Å².